The number of halogens is 3. The molecule has 0 unspecified atom stereocenters. The number of hydrogen-bond donors (Lipinski definition) is 1. The number of pyridine rings is 1. The number of rotatable bonds is 3. The molecule has 0 saturated heterocycles. The minimum Gasteiger partial charge on any atom is -0.486 e. The fraction of sp³-hybridized carbons (Fsp3) is 0.200. The summed E-state index contributed by atoms with van der Waals surface area (Å²) in [4.78, 5) is 4.05. The van der Waals surface area contributed by atoms with Gasteiger partial charge in [-0.1, -0.05) is 34.8 Å². The molecular weight excluding hydrogens is 361 g/mol. The van der Waals surface area contributed by atoms with E-state index < -0.39 is 0 Å². The predicted molar refractivity (Wildman–Crippen MR) is 92.5 cm³/mol. The van der Waals surface area contributed by atoms with E-state index in [1.807, 2.05) is 25.1 Å². The zero-order valence-corrected chi connectivity index (χ0v) is 14.3. The van der Waals surface area contributed by atoms with E-state index in [0.717, 1.165) is 17.0 Å². The van der Waals surface area contributed by atoms with E-state index in [9.17, 15) is 0 Å². The molecule has 0 amide bonds. The van der Waals surface area contributed by atoms with Crippen LogP contribution in [0.3, 0.4) is 0 Å². The smallest absolute Gasteiger partial charge is 0.166 e. The van der Waals surface area contributed by atoms with Crippen LogP contribution in [0, 0.1) is 0 Å². The first-order chi connectivity index (χ1) is 11.0. The monoisotopic (exact) mass is 371 g/mol. The van der Waals surface area contributed by atoms with Gasteiger partial charge in [-0.3, -0.25) is 5.43 Å². The largest absolute Gasteiger partial charge is 0.486 e. The van der Waals surface area contributed by atoms with E-state index in [2.05, 4.69) is 15.5 Å². The Balaban J connectivity index is 1.81. The van der Waals surface area contributed by atoms with Gasteiger partial charge in [0.25, 0.3) is 0 Å². The zero-order chi connectivity index (χ0) is 16.4. The van der Waals surface area contributed by atoms with Gasteiger partial charge in [-0.2, -0.15) is 5.10 Å². The third kappa shape index (κ3) is 3.63. The van der Waals surface area contributed by atoms with Crippen LogP contribution in [-0.4, -0.2) is 23.9 Å². The standard InChI is InChI=1S/C15H12Cl3N3O2/c1-8(9-2-3-12-13(6-9)23-5-4-22-12)20-21-15-11(17)7-10(16)14(18)19-15/h2-3,6-7H,4-5H2,1H3,(H,19,21)/b20-8-. The summed E-state index contributed by atoms with van der Waals surface area (Å²) in [6.07, 6.45) is 0. The molecule has 1 aliphatic rings. The molecule has 0 fully saturated rings. The fourth-order valence-electron chi connectivity index (χ4n) is 1.99. The summed E-state index contributed by atoms with van der Waals surface area (Å²) in [7, 11) is 0. The van der Waals surface area contributed by atoms with Crippen molar-refractivity contribution >= 4 is 46.3 Å². The van der Waals surface area contributed by atoms with Gasteiger partial charge in [0.1, 0.15) is 18.4 Å². The number of benzene rings is 1. The van der Waals surface area contributed by atoms with E-state index in [1.54, 1.807) is 0 Å². The summed E-state index contributed by atoms with van der Waals surface area (Å²) < 4.78 is 11.1. The number of ether oxygens (including phenoxy) is 2. The van der Waals surface area contributed by atoms with E-state index in [1.165, 1.54) is 6.07 Å². The van der Waals surface area contributed by atoms with Crippen molar-refractivity contribution in [1.82, 2.24) is 4.98 Å². The highest BCUT2D eigenvalue weighted by Crippen LogP contribution is 2.31. The van der Waals surface area contributed by atoms with E-state index in [0.29, 0.717) is 29.8 Å². The van der Waals surface area contributed by atoms with Crippen LogP contribution in [0.25, 0.3) is 0 Å². The Morgan fingerprint density at radius 3 is 2.61 bits per heavy atom. The predicted octanol–water partition coefficient (Wildman–Crippen LogP) is 4.65. The molecule has 0 aliphatic carbocycles. The third-order valence-electron chi connectivity index (χ3n) is 3.18. The minimum absolute atomic E-state index is 0.158. The third-order valence-corrected chi connectivity index (χ3v) is 4.14. The highest BCUT2D eigenvalue weighted by atomic mass is 35.5. The normalized spacial score (nSPS) is 13.8. The van der Waals surface area contributed by atoms with Crippen molar-refractivity contribution in [3.63, 3.8) is 0 Å². The molecule has 1 aliphatic heterocycles. The minimum atomic E-state index is 0.158. The van der Waals surface area contributed by atoms with Crippen LogP contribution in [-0.2, 0) is 0 Å². The van der Waals surface area contributed by atoms with E-state index in [-0.39, 0.29) is 10.2 Å². The molecule has 0 spiro atoms. The van der Waals surface area contributed by atoms with Gasteiger partial charge in [-0.05, 0) is 31.2 Å². The van der Waals surface area contributed by atoms with Crippen LogP contribution in [0.4, 0.5) is 5.82 Å². The Hall–Kier alpha value is -1.69. The molecule has 1 N–H and O–H groups in total. The molecule has 1 aromatic heterocycles. The quantitative estimate of drug-likeness (QED) is 0.484. The van der Waals surface area contributed by atoms with Crippen molar-refractivity contribution in [2.75, 3.05) is 18.6 Å². The highest BCUT2D eigenvalue weighted by molar-refractivity contribution is 6.42. The fourth-order valence-corrected chi connectivity index (χ4v) is 2.53. The first-order valence-electron chi connectivity index (χ1n) is 6.76. The van der Waals surface area contributed by atoms with Crippen LogP contribution in [0.15, 0.2) is 29.4 Å². The molecule has 2 aromatic rings. The van der Waals surface area contributed by atoms with Gasteiger partial charge in [-0.15, -0.1) is 0 Å². The second kappa shape index (κ2) is 6.83. The second-order valence-corrected chi connectivity index (χ2v) is 5.93. The topological polar surface area (TPSA) is 55.7 Å². The maximum absolute atomic E-state index is 6.05. The second-order valence-electron chi connectivity index (χ2n) is 4.76. The Bertz CT molecular complexity index is 781. The zero-order valence-electron chi connectivity index (χ0n) is 12.1. The van der Waals surface area contributed by atoms with Crippen molar-refractivity contribution in [3.05, 3.63) is 45.0 Å². The van der Waals surface area contributed by atoms with Crippen molar-refractivity contribution in [2.45, 2.75) is 6.92 Å². The maximum atomic E-state index is 6.05. The number of fused-ring (bicyclic) bond motifs is 1. The van der Waals surface area contributed by atoms with E-state index >= 15 is 0 Å². The van der Waals surface area contributed by atoms with Gasteiger partial charge < -0.3 is 9.47 Å². The Morgan fingerprint density at radius 1 is 1.09 bits per heavy atom. The van der Waals surface area contributed by atoms with Gasteiger partial charge in [0.05, 0.1) is 15.8 Å². The van der Waals surface area contributed by atoms with Gasteiger partial charge >= 0.3 is 0 Å². The lowest BCUT2D eigenvalue weighted by Crippen LogP contribution is -2.15. The Kier molecular flexibility index (Phi) is 4.80. The first-order valence-corrected chi connectivity index (χ1v) is 7.90. The van der Waals surface area contributed by atoms with Crippen LogP contribution in [0.2, 0.25) is 15.2 Å². The average Bonchev–Trinajstić information content (AvgIpc) is 2.56. The summed E-state index contributed by atoms with van der Waals surface area (Å²) in [6, 6.07) is 7.14. The van der Waals surface area contributed by atoms with Gasteiger partial charge in [-0.25, -0.2) is 4.98 Å². The molecule has 0 radical (unpaired) electrons. The summed E-state index contributed by atoms with van der Waals surface area (Å²) in [5.74, 6) is 1.77. The Morgan fingerprint density at radius 2 is 1.83 bits per heavy atom. The lowest BCUT2D eigenvalue weighted by Gasteiger charge is -2.18. The lowest BCUT2D eigenvalue weighted by molar-refractivity contribution is 0.171. The SMILES string of the molecule is C/C(=N/Nc1nc(Cl)c(Cl)cc1Cl)c1ccc2c(c1)OCCO2. The molecule has 120 valence electrons. The number of hydrazone groups is 1. The lowest BCUT2D eigenvalue weighted by atomic mass is 10.1. The van der Waals surface area contributed by atoms with Crippen molar-refractivity contribution in [3.8, 4) is 11.5 Å². The molecule has 0 atom stereocenters. The molecule has 3 rings (SSSR count). The molecule has 5 nitrogen and oxygen atoms in total. The molecule has 2 heterocycles. The first kappa shape index (κ1) is 16.2. The van der Waals surface area contributed by atoms with Crippen LogP contribution < -0.4 is 14.9 Å². The number of hydrogen-bond acceptors (Lipinski definition) is 5. The summed E-state index contributed by atoms with van der Waals surface area (Å²) >= 11 is 17.8. The Labute approximate surface area is 148 Å². The van der Waals surface area contributed by atoms with E-state index in [4.69, 9.17) is 44.3 Å². The van der Waals surface area contributed by atoms with Gasteiger partial charge in [0.15, 0.2) is 17.3 Å². The molecule has 23 heavy (non-hydrogen) atoms. The van der Waals surface area contributed by atoms with Gasteiger partial charge in [0.2, 0.25) is 0 Å². The highest BCUT2D eigenvalue weighted by Gasteiger charge is 2.13. The van der Waals surface area contributed by atoms with Gasteiger partial charge in [0, 0.05) is 5.56 Å². The van der Waals surface area contributed by atoms with Crippen LogP contribution >= 0.6 is 34.8 Å². The molecule has 0 bridgehead atoms. The summed E-state index contributed by atoms with van der Waals surface area (Å²) in [5.41, 5.74) is 4.40. The number of aromatic nitrogens is 1. The molecule has 0 saturated carbocycles. The van der Waals surface area contributed by atoms with Crippen molar-refractivity contribution in [2.24, 2.45) is 5.10 Å². The molecule has 8 heteroatoms. The average molecular weight is 373 g/mol. The van der Waals surface area contributed by atoms with Crippen LogP contribution in [0.5, 0.6) is 11.5 Å². The number of anilines is 1. The number of nitrogens with zero attached hydrogens (tertiary/aromatic N) is 2. The molecule has 1 aromatic carbocycles. The van der Waals surface area contributed by atoms with Crippen molar-refractivity contribution in [1.29, 1.82) is 0 Å². The number of nitrogens with one attached hydrogen (secondary N) is 1. The maximum Gasteiger partial charge on any atom is 0.166 e. The summed E-state index contributed by atoms with van der Waals surface area (Å²) in [5, 5.41) is 5.04. The summed E-state index contributed by atoms with van der Waals surface area (Å²) in [6.45, 7) is 2.94. The van der Waals surface area contributed by atoms with Crippen molar-refractivity contribution < 1.29 is 9.47 Å². The molecular formula is C15H12Cl3N3O2. The van der Waals surface area contributed by atoms with Crippen LogP contribution in [0.1, 0.15) is 12.5 Å².